The summed E-state index contributed by atoms with van der Waals surface area (Å²) in [5, 5.41) is 9.57. The second kappa shape index (κ2) is 32.9. The summed E-state index contributed by atoms with van der Waals surface area (Å²) in [6.07, 6.45) is 39.4. The highest BCUT2D eigenvalue weighted by Gasteiger charge is 2.31. The first-order chi connectivity index (χ1) is 24.1. The first kappa shape index (κ1) is 46.8. The minimum absolute atomic E-state index is 0.0435. The van der Waals surface area contributed by atoms with E-state index in [2.05, 4.69) is 26.0 Å². The topological polar surface area (TPSA) is 99.1 Å². The number of rotatable bonds is 32. The number of hydrogen-bond donors (Lipinski definition) is 1. The van der Waals surface area contributed by atoms with Gasteiger partial charge in [0, 0.05) is 19.3 Å². The Labute approximate surface area is 304 Å². The van der Waals surface area contributed by atoms with E-state index in [0.29, 0.717) is 19.3 Å². The average molecular weight is 701 g/mol. The molecule has 0 bridgehead atoms. The Morgan fingerprint density at radius 2 is 1.12 bits per heavy atom. The summed E-state index contributed by atoms with van der Waals surface area (Å²) in [6, 6.07) is -0.622. The van der Waals surface area contributed by atoms with E-state index in [4.69, 9.17) is 14.2 Å². The molecule has 0 amide bonds. The van der Waals surface area contributed by atoms with Crippen molar-refractivity contribution >= 4 is 17.9 Å². The van der Waals surface area contributed by atoms with Gasteiger partial charge in [-0.25, -0.2) is 4.79 Å². The number of nitrogens with zero attached hydrogens (tertiary/aromatic N) is 1. The number of carbonyl (C=O) groups excluding carboxylic acids is 2. The minimum atomic E-state index is -0.886. The number of allylic oxidation sites excluding steroid dienone is 12. The predicted octanol–water partition coefficient (Wildman–Crippen LogP) is 9.63. The highest BCUT2D eigenvalue weighted by molar-refractivity contribution is 5.72. The van der Waals surface area contributed by atoms with Gasteiger partial charge in [0.15, 0.2) is 12.1 Å². The smallest absolute Gasteiger partial charge is 0.362 e. The van der Waals surface area contributed by atoms with Crippen LogP contribution in [0.4, 0.5) is 0 Å². The third-order valence-corrected chi connectivity index (χ3v) is 8.03. The normalized spacial score (nSPS) is 13.9. The molecule has 0 aliphatic rings. The largest absolute Gasteiger partial charge is 0.477 e. The van der Waals surface area contributed by atoms with Gasteiger partial charge in [0.1, 0.15) is 6.61 Å². The molecule has 0 spiro atoms. The van der Waals surface area contributed by atoms with E-state index in [9.17, 15) is 19.5 Å². The maximum atomic E-state index is 12.6. The van der Waals surface area contributed by atoms with Crippen LogP contribution in [0.25, 0.3) is 0 Å². The van der Waals surface area contributed by atoms with Gasteiger partial charge >= 0.3 is 17.9 Å². The van der Waals surface area contributed by atoms with Gasteiger partial charge in [0.05, 0.1) is 34.4 Å². The quantitative estimate of drug-likeness (QED) is 0.0323. The fraction of sp³-hybridized carbons (Fsp3) is 0.643. The van der Waals surface area contributed by atoms with Crippen LogP contribution in [0.1, 0.15) is 123 Å². The van der Waals surface area contributed by atoms with E-state index < -0.39 is 18.1 Å². The zero-order valence-corrected chi connectivity index (χ0v) is 32.1. The second-order valence-electron chi connectivity index (χ2n) is 13.6. The highest BCUT2D eigenvalue weighted by atomic mass is 16.6. The lowest BCUT2D eigenvalue weighted by Crippen LogP contribution is -2.50. The van der Waals surface area contributed by atoms with Crippen molar-refractivity contribution in [3.8, 4) is 0 Å². The molecule has 0 saturated carbocycles. The van der Waals surface area contributed by atoms with Crippen LogP contribution < -0.4 is 0 Å². The van der Waals surface area contributed by atoms with Gasteiger partial charge < -0.3 is 23.8 Å². The summed E-state index contributed by atoms with van der Waals surface area (Å²) in [5.74, 6) is -1.54. The standard InChI is InChI=1S/C42H69NO7/c1-6-8-10-12-14-16-17-18-19-20-21-22-23-25-26-28-30-32-40(44)49-37-38(36-48-35-34-39(42(46)47)43(3,4)5)50-41(45)33-31-29-27-24-15-13-11-9-7-2/h8,10,12,14,16-23,38-39H,6-7,9,11,13,15,24-37H2,1-5H3/p+1/b10-8+,14-12+,17-16+,19-18+,21-20+,23-22+. The maximum Gasteiger partial charge on any atom is 0.362 e. The van der Waals surface area contributed by atoms with Crippen LogP contribution in [0.5, 0.6) is 0 Å². The van der Waals surface area contributed by atoms with Crippen LogP contribution in [-0.4, -0.2) is 80.6 Å². The van der Waals surface area contributed by atoms with Gasteiger partial charge in [-0.15, -0.1) is 0 Å². The van der Waals surface area contributed by atoms with Crippen molar-refractivity contribution in [2.75, 3.05) is 41.0 Å². The molecule has 0 rings (SSSR count). The summed E-state index contributed by atoms with van der Waals surface area (Å²) in [7, 11) is 5.49. The molecule has 50 heavy (non-hydrogen) atoms. The van der Waals surface area contributed by atoms with Gasteiger partial charge in [0.25, 0.3) is 0 Å². The molecule has 1 N–H and O–H groups in total. The fourth-order valence-electron chi connectivity index (χ4n) is 5.06. The number of unbranched alkanes of at least 4 members (excludes halogenated alkanes) is 11. The Bertz CT molecular complexity index is 1050. The van der Waals surface area contributed by atoms with Crippen molar-refractivity contribution in [1.29, 1.82) is 0 Å². The Morgan fingerprint density at radius 3 is 1.66 bits per heavy atom. The first-order valence-corrected chi connectivity index (χ1v) is 19.1. The van der Waals surface area contributed by atoms with Gasteiger partial charge in [0.2, 0.25) is 0 Å². The molecule has 0 aromatic heterocycles. The zero-order chi connectivity index (χ0) is 37.1. The summed E-state index contributed by atoms with van der Waals surface area (Å²) in [6.45, 7) is 4.49. The van der Waals surface area contributed by atoms with Crippen molar-refractivity contribution in [2.24, 2.45) is 0 Å². The molecule has 0 radical (unpaired) electrons. The molecule has 0 aliphatic heterocycles. The number of quaternary nitrogens is 1. The van der Waals surface area contributed by atoms with Crippen LogP contribution in [0, 0.1) is 0 Å². The number of esters is 2. The number of ether oxygens (including phenoxy) is 3. The Balaban J connectivity index is 4.50. The van der Waals surface area contributed by atoms with Gasteiger partial charge in [-0.3, -0.25) is 9.59 Å². The summed E-state index contributed by atoms with van der Waals surface area (Å²) >= 11 is 0. The van der Waals surface area contributed by atoms with Gasteiger partial charge in [-0.05, 0) is 32.1 Å². The molecule has 0 heterocycles. The molecule has 8 heteroatoms. The SMILES string of the molecule is CC/C=C/C=C/C=C/C=C/C=C/C=C/CCCCCC(=O)OCC(COCCC(C(=O)O)[N+](C)(C)C)OC(=O)CCCCCCCCCCC. The molecule has 284 valence electrons. The summed E-state index contributed by atoms with van der Waals surface area (Å²) in [5.41, 5.74) is 0. The number of carboxylic acids is 1. The number of likely N-dealkylation sites (N-methyl/N-ethyl adjacent to an activating group) is 1. The number of hydrogen-bond acceptors (Lipinski definition) is 6. The first-order valence-electron chi connectivity index (χ1n) is 19.1. The van der Waals surface area contributed by atoms with Crippen LogP contribution in [0.3, 0.4) is 0 Å². The van der Waals surface area contributed by atoms with E-state index in [1.54, 1.807) is 0 Å². The minimum Gasteiger partial charge on any atom is -0.477 e. The lowest BCUT2D eigenvalue weighted by atomic mass is 10.1. The number of aliphatic carboxylic acids is 1. The number of carbonyl (C=O) groups is 3. The molecule has 0 aromatic rings. The molecule has 0 aliphatic carbocycles. The second-order valence-corrected chi connectivity index (χ2v) is 13.6. The van der Waals surface area contributed by atoms with Crippen molar-refractivity contribution in [2.45, 2.75) is 135 Å². The maximum absolute atomic E-state index is 12.6. The Hall–Kier alpha value is -3.23. The molecule has 2 atom stereocenters. The third kappa shape index (κ3) is 30.8. The van der Waals surface area contributed by atoms with Gasteiger partial charge in [-0.1, -0.05) is 145 Å². The van der Waals surface area contributed by atoms with E-state index in [0.717, 1.165) is 51.4 Å². The van der Waals surface area contributed by atoms with Crippen molar-refractivity contribution in [1.82, 2.24) is 0 Å². The molecule has 8 nitrogen and oxygen atoms in total. The van der Waals surface area contributed by atoms with E-state index >= 15 is 0 Å². The fourth-order valence-corrected chi connectivity index (χ4v) is 5.06. The molecule has 0 saturated heterocycles. The van der Waals surface area contributed by atoms with Crippen molar-refractivity contribution in [3.05, 3.63) is 72.9 Å². The van der Waals surface area contributed by atoms with E-state index in [1.165, 1.54) is 38.5 Å². The monoisotopic (exact) mass is 701 g/mol. The molecular weight excluding hydrogens is 630 g/mol. The van der Waals surface area contributed by atoms with Crippen LogP contribution >= 0.6 is 0 Å². The summed E-state index contributed by atoms with van der Waals surface area (Å²) < 4.78 is 17.1. The Morgan fingerprint density at radius 1 is 0.620 bits per heavy atom. The lowest BCUT2D eigenvalue weighted by Gasteiger charge is -2.31. The Kier molecular flexibility index (Phi) is 30.8. The number of carboxylic acid groups (broad SMARTS) is 1. The van der Waals surface area contributed by atoms with Crippen LogP contribution in [0.2, 0.25) is 0 Å². The zero-order valence-electron chi connectivity index (χ0n) is 32.1. The highest BCUT2D eigenvalue weighted by Crippen LogP contribution is 2.13. The third-order valence-electron chi connectivity index (χ3n) is 8.03. The molecule has 0 fully saturated rings. The molecular formula is C42H70NO7+. The molecule has 0 aromatic carbocycles. The predicted molar refractivity (Wildman–Crippen MR) is 206 cm³/mol. The van der Waals surface area contributed by atoms with Gasteiger partial charge in [-0.2, -0.15) is 0 Å². The average Bonchev–Trinajstić information content (AvgIpc) is 3.06. The van der Waals surface area contributed by atoms with E-state index in [-0.39, 0.29) is 36.2 Å². The lowest BCUT2D eigenvalue weighted by molar-refractivity contribution is -0.887. The van der Waals surface area contributed by atoms with E-state index in [1.807, 2.05) is 81.9 Å². The van der Waals surface area contributed by atoms with Crippen LogP contribution in [0.15, 0.2) is 72.9 Å². The van der Waals surface area contributed by atoms with Crippen LogP contribution in [-0.2, 0) is 28.6 Å². The molecule has 2 unspecified atom stereocenters. The summed E-state index contributed by atoms with van der Waals surface area (Å²) in [4.78, 5) is 36.7. The van der Waals surface area contributed by atoms with Crippen molar-refractivity contribution in [3.63, 3.8) is 0 Å². The van der Waals surface area contributed by atoms with Crippen molar-refractivity contribution < 1.29 is 38.2 Å².